The summed E-state index contributed by atoms with van der Waals surface area (Å²) in [6.45, 7) is 1.33. The topological polar surface area (TPSA) is 43.4 Å². The molecule has 0 fully saturated rings. The normalized spacial score (nSPS) is 11.9. The van der Waals surface area contributed by atoms with Gasteiger partial charge in [0, 0.05) is 5.56 Å². The molecular weight excluding hydrogens is 199 g/mol. The van der Waals surface area contributed by atoms with E-state index >= 15 is 0 Å². The van der Waals surface area contributed by atoms with Crippen LogP contribution in [0, 0.1) is 0 Å². The molecule has 0 N–H and O–H groups in total. The third-order valence-corrected chi connectivity index (χ3v) is 2.06. The summed E-state index contributed by atoms with van der Waals surface area (Å²) in [5.74, 6) is -0.545. The first-order chi connectivity index (χ1) is 7.10. The molecular formula is C11H11FO3. The van der Waals surface area contributed by atoms with E-state index in [2.05, 4.69) is 4.74 Å². The third kappa shape index (κ3) is 2.40. The summed E-state index contributed by atoms with van der Waals surface area (Å²) in [5, 5.41) is 0. The molecule has 4 heteroatoms. The van der Waals surface area contributed by atoms with Crippen LogP contribution in [0.4, 0.5) is 4.39 Å². The van der Waals surface area contributed by atoms with E-state index in [9.17, 15) is 14.0 Å². The number of aldehydes is 1. The molecule has 0 aromatic heterocycles. The fourth-order valence-corrected chi connectivity index (χ4v) is 1.28. The van der Waals surface area contributed by atoms with E-state index in [1.165, 1.54) is 32.2 Å². The number of methoxy groups -OCH3 is 1. The van der Waals surface area contributed by atoms with Gasteiger partial charge in [-0.25, -0.2) is 9.18 Å². The smallest absolute Gasteiger partial charge is 0.337 e. The van der Waals surface area contributed by atoms with Gasteiger partial charge in [-0.05, 0) is 24.6 Å². The Labute approximate surface area is 86.9 Å². The minimum Gasteiger partial charge on any atom is -0.465 e. The molecule has 0 aliphatic rings. The lowest BCUT2D eigenvalue weighted by Gasteiger charge is -2.07. The van der Waals surface area contributed by atoms with E-state index < -0.39 is 12.1 Å². The van der Waals surface area contributed by atoms with Gasteiger partial charge in [0.15, 0.2) is 0 Å². The molecule has 0 saturated heterocycles. The van der Waals surface area contributed by atoms with Crippen molar-refractivity contribution in [2.75, 3.05) is 7.11 Å². The summed E-state index contributed by atoms with van der Waals surface area (Å²) in [7, 11) is 1.24. The molecule has 1 atom stereocenters. The number of alkyl halides is 1. The van der Waals surface area contributed by atoms with Gasteiger partial charge in [0.25, 0.3) is 0 Å². The Morgan fingerprint density at radius 2 is 2.20 bits per heavy atom. The van der Waals surface area contributed by atoms with Crippen LogP contribution in [0.1, 0.15) is 39.4 Å². The molecule has 0 radical (unpaired) electrons. The third-order valence-electron chi connectivity index (χ3n) is 2.06. The van der Waals surface area contributed by atoms with Crippen molar-refractivity contribution in [3.8, 4) is 0 Å². The second-order valence-electron chi connectivity index (χ2n) is 3.07. The molecule has 0 bridgehead atoms. The lowest BCUT2D eigenvalue weighted by atomic mass is 10.0. The van der Waals surface area contributed by atoms with Crippen molar-refractivity contribution in [3.63, 3.8) is 0 Å². The zero-order valence-electron chi connectivity index (χ0n) is 8.49. The van der Waals surface area contributed by atoms with Crippen molar-refractivity contribution in [2.45, 2.75) is 13.1 Å². The van der Waals surface area contributed by atoms with Gasteiger partial charge in [-0.2, -0.15) is 0 Å². The maximum atomic E-state index is 13.0. The molecule has 0 aliphatic heterocycles. The standard InChI is InChI=1S/C11H11FO3/c1-7(12)10-4-3-8(11(14)15-2)5-9(10)6-13/h3-7H,1-2H3/t7-/m1/s1. The van der Waals surface area contributed by atoms with Crippen molar-refractivity contribution in [2.24, 2.45) is 0 Å². The first-order valence-electron chi connectivity index (χ1n) is 4.41. The minimum atomic E-state index is -1.24. The number of benzene rings is 1. The van der Waals surface area contributed by atoms with Crippen LogP contribution >= 0.6 is 0 Å². The van der Waals surface area contributed by atoms with Crippen LogP contribution in [0.5, 0.6) is 0 Å². The Morgan fingerprint density at radius 1 is 1.53 bits per heavy atom. The molecule has 1 aromatic rings. The van der Waals surface area contributed by atoms with E-state index in [0.29, 0.717) is 6.29 Å². The molecule has 0 aliphatic carbocycles. The number of ether oxygens (including phenoxy) is 1. The first-order valence-corrected chi connectivity index (χ1v) is 4.41. The number of carbonyl (C=O) groups excluding carboxylic acids is 2. The molecule has 80 valence electrons. The Hall–Kier alpha value is -1.71. The van der Waals surface area contributed by atoms with Crippen molar-refractivity contribution >= 4 is 12.3 Å². The predicted octanol–water partition coefficient (Wildman–Crippen LogP) is 2.32. The van der Waals surface area contributed by atoms with E-state index in [1.54, 1.807) is 0 Å². The number of rotatable bonds is 3. The summed E-state index contributed by atoms with van der Waals surface area (Å²) in [5.41, 5.74) is 0.689. The average molecular weight is 210 g/mol. The monoisotopic (exact) mass is 210 g/mol. The van der Waals surface area contributed by atoms with Crippen LogP contribution in [0.2, 0.25) is 0 Å². The molecule has 0 saturated carbocycles. The molecule has 0 spiro atoms. The second-order valence-corrected chi connectivity index (χ2v) is 3.07. The van der Waals surface area contributed by atoms with E-state index in [1.807, 2.05) is 0 Å². The van der Waals surface area contributed by atoms with Gasteiger partial charge in [0.2, 0.25) is 0 Å². The van der Waals surface area contributed by atoms with Crippen molar-refractivity contribution < 1.29 is 18.7 Å². The van der Waals surface area contributed by atoms with Crippen LogP contribution in [-0.4, -0.2) is 19.4 Å². The Bertz CT molecular complexity index is 385. The fourth-order valence-electron chi connectivity index (χ4n) is 1.28. The highest BCUT2D eigenvalue weighted by Crippen LogP contribution is 2.21. The van der Waals surface area contributed by atoms with Crippen molar-refractivity contribution in [1.29, 1.82) is 0 Å². The van der Waals surface area contributed by atoms with Gasteiger partial charge >= 0.3 is 5.97 Å². The lowest BCUT2D eigenvalue weighted by molar-refractivity contribution is 0.0600. The molecule has 0 amide bonds. The highest BCUT2D eigenvalue weighted by atomic mass is 19.1. The Balaban J connectivity index is 3.19. The average Bonchev–Trinajstić information content (AvgIpc) is 2.26. The van der Waals surface area contributed by atoms with E-state index in [0.717, 1.165) is 0 Å². The SMILES string of the molecule is COC(=O)c1ccc([C@@H](C)F)c(C=O)c1. The van der Waals surface area contributed by atoms with Gasteiger partial charge in [-0.3, -0.25) is 4.79 Å². The van der Waals surface area contributed by atoms with E-state index in [-0.39, 0.29) is 16.7 Å². The molecule has 3 nitrogen and oxygen atoms in total. The summed E-state index contributed by atoms with van der Waals surface area (Å²) in [4.78, 5) is 21.8. The number of halogens is 1. The van der Waals surface area contributed by atoms with Gasteiger partial charge in [-0.15, -0.1) is 0 Å². The molecule has 15 heavy (non-hydrogen) atoms. The maximum Gasteiger partial charge on any atom is 0.337 e. The van der Waals surface area contributed by atoms with Crippen LogP contribution in [0.25, 0.3) is 0 Å². The van der Waals surface area contributed by atoms with Crippen molar-refractivity contribution in [3.05, 3.63) is 34.9 Å². The van der Waals surface area contributed by atoms with Crippen molar-refractivity contribution in [1.82, 2.24) is 0 Å². The molecule has 1 aromatic carbocycles. The zero-order valence-corrected chi connectivity index (χ0v) is 8.49. The van der Waals surface area contributed by atoms with Crippen LogP contribution in [0.3, 0.4) is 0 Å². The predicted molar refractivity (Wildman–Crippen MR) is 52.7 cm³/mol. The first kappa shape index (κ1) is 11.4. The quantitative estimate of drug-likeness (QED) is 0.568. The highest BCUT2D eigenvalue weighted by Gasteiger charge is 2.12. The summed E-state index contributed by atoms with van der Waals surface area (Å²) < 4.78 is 17.5. The largest absolute Gasteiger partial charge is 0.465 e. The summed E-state index contributed by atoms with van der Waals surface area (Å²) in [6.07, 6.45) is -0.713. The number of hydrogen-bond donors (Lipinski definition) is 0. The zero-order chi connectivity index (χ0) is 11.4. The number of esters is 1. The van der Waals surface area contributed by atoms with Gasteiger partial charge in [0.1, 0.15) is 12.5 Å². The number of carbonyl (C=O) groups is 2. The van der Waals surface area contributed by atoms with Crippen LogP contribution in [0.15, 0.2) is 18.2 Å². The van der Waals surface area contributed by atoms with Gasteiger partial charge in [-0.1, -0.05) is 6.07 Å². The lowest BCUT2D eigenvalue weighted by Crippen LogP contribution is -2.04. The minimum absolute atomic E-state index is 0.174. The Morgan fingerprint density at radius 3 is 2.67 bits per heavy atom. The molecule has 1 rings (SSSR count). The van der Waals surface area contributed by atoms with Gasteiger partial charge < -0.3 is 4.74 Å². The summed E-state index contributed by atoms with van der Waals surface area (Å²) >= 11 is 0. The molecule has 0 heterocycles. The Kier molecular flexibility index (Phi) is 3.55. The van der Waals surface area contributed by atoms with Crippen LogP contribution in [-0.2, 0) is 4.74 Å². The molecule has 0 unspecified atom stereocenters. The second kappa shape index (κ2) is 4.68. The summed E-state index contributed by atoms with van der Waals surface area (Å²) in [6, 6.07) is 4.18. The van der Waals surface area contributed by atoms with Crippen LogP contribution < -0.4 is 0 Å². The highest BCUT2D eigenvalue weighted by molar-refractivity contribution is 5.92. The maximum absolute atomic E-state index is 13.0. The number of hydrogen-bond acceptors (Lipinski definition) is 3. The van der Waals surface area contributed by atoms with Gasteiger partial charge in [0.05, 0.1) is 12.7 Å². The van der Waals surface area contributed by atoms with E-state index in [4.69, 9.17) is 0 Å². The fraction of sp³-hybridized carbons (Fsp3) is 0.273.